The normalized spacial score (nSPS) is 13.3. The van der Waals surface area contributed by atoms with Crippen LogP contribution in [0.15, 0.2) is 11.6 Å². The summed E-state index contributed by atoms with van der Waals surface area (Å²) in [6.45, 7) is 5.38. The van der Waals surface area contributed by atoms with E-state index in [1.807, 2.05) is 13.0 Å². The minimum atomic E-state index is -0.368. The van der Waals surface area contributed by atoms with Gasteiger partial charge < -0.3 is 5.32 Å². The Balaban J connectivity index is 4.10. The van der Waals surface area contributed by atoms with Crippen LogP contribution in [0, 0.1) is 11.3 Å². The molecule has 0 aromatic carbocycles. The van der Waals surface area contributed by atoms with E-state index in [1.165, 1.54) is 0 Å². The molecule has 1 atom stereocenters. The highest BCUT2D eigenvalue weighted by molar-refractivity contribution is 5.93. The number of carbonyl (C=O) groups excluding carboxylic acids is 1. The van der Waals surface area contributed by atoms with Crippen LogP contribution in [0.3, 0.4) is 0 Å². The van der Waals surface area contributed by atoms with E-state index >= 15 is 0 Å². The monoisotopic (exact) mass is 166 g/mol. The van der Waals surface area contributed by atoms with Crippen LogP contribution in [0.1, 0.15) is 27.2 Å². The zero-order valence-corrected chi connectivity index (χ0v) is 7.72. The summed E-state index contributed by atoms with van der Waals surface area (Å²) in [5.74, 6) is -0.161. The van der Waals surface area contributed by atoms with Crippen LogP contribution in [0.2, 0.25) is 0 Å². The minimum absolute atomic E-state index is 0.161. The fourth-order valence-corrected chi connectivity index (χ4v) is 0.629. The molecule has 0 rings (SSSR count). The average Bonchev–Trinajstić information content (AvgIpc) is 2.12. The van der Waals surface area contributed by atoms with Crippen molar-refractivity contribution in [1.82, 2.24) is 5.32 Å². The van der Waals surface area contributed by atoms with Crippen LogP contribution in [-0.4, -0.2) is 11.9 Å². The maximum absolute atomic E-state index is 11.2. The zero-order valence-electron chi connectivity index (χ0n) is 7.72. The van der Waals surface area contributed by atoms with E-state index in [0.29, 0.717) is 12.0 Å². The number of hydrogen-bond donors (Lipinski definition) is 1. The van der Waals surface area contributed by atoms with E-state index in [1.54, 1.807) is 19.9 Å². The van der Waals surface area contributed by atoms with Crippen molar-refractivity contribution in [3.8, 4) is 6.07 Å². The maximum Gasteiger partial charge on any atom is 0.247 e. The highest BCUT2D eigenvalue weighted by Gasteiger charge is 2.08. The smallest absolute Gasteiger partial charge is 0.247 e. The Morgan fingerprint density at radius 3 is 2.67 bits per heavy atom. The molecule has 0 spiro atoms. The SMILES string of the molecule is C/C=C(\C)C(=O)N[C@H](C#N)CC. The number of carbonyl (C=O) groups is 1. The molecule has 1 amide bonds. The fraction of sp³-hybridized carbons (Fsp3) is 0.556. The van der Waals surface area contributed by atoms with Gasteiger partial charge in [0.2, 0.25) is 5.91 Å². The molecule has 0 aromatic rings. The second kappa shape index (κ2) is 5.36. The Hall–Kier alpha value is -1.30. The molecule has 1 N–H and O–H groups in total. The summed E-state index contributed by atoms with van der Waals surface area (Å²) in [7, 11) is 0. The van der Waals surface area contributed by atoms with Gasteiger partial charge in [-0.25, -0.2) is 0 Å². The van der Waals surface area contributed by atoms with Crippen LogP contribution in [-0.2, 0) is 4.79 Å². The number of nitrogens with one attached hydrogen (secondary N) is 1. The highest BCUT2D eigenvalue weighted by atomic mass is 16.1. The van der Waals surface area contributed by atoms with Crippen LogP contribution in [0.4, 0.5) is 0 Å². The van der Waals surface area contributed by atoms with Gasteiger partial charge in [-0.15, -0.1) is 0 Å². The van der Waals surface area contributed by atoms with E-state index in [-0.39, 0.29) is 11.9 Å². The van der Waals surface area contributed by atoms with Crippen LogP contribution in [0.5, 0.6) is 0 Å². The Labute approximate surface area is 73.1 Å². The van der Waals surface area contributed by atoms with Gasteiger partial charge >= 0.3 is 0 Å². The Morgan fingerprint density at radius 1 is 1.75 bits per heavy atom. The summed E-state index contributed by atoms with van der Waals surface area (Å²) in [6.07, 6.45) is 2.36. The molecule has 3 heteroatoms. The van der Waals surface area contributed by atoms with E-state index < -0.39 is 0 Å². The number of nitriles is 1. The summed E-state index contributed by atoms with van der Waals surface area (Å²) in [5.41, 5.74) is 0.642. The third kappa shape index (κ3) is 3.20. The minimum Gasteiger partial charge on any atom is -0.337 e. The Morgan fingerprint density at radius 2 is 2.33 bits per heavy atom. The molecular weight excluding hydrogens is 152 g/mol. The maximum atomic E-state index is 11.2. The molecule has 0 aliphatic carbocycles. The lowest BCUT2D eigenvalue weighted by molar-refractivity contribution is -0.117. The van der Waals surface area contributed by atoms with Gasteiger partial charge in [-0.1, -0.05) is 13.0 Å². The zero-order chi connectivity index (χ0) is 9.56. The van der Waals surface area contributed by atoms with Crippen molar-refractivity contribution < 1.29 is 4.79 Å². The Kier molecular flexibility index (Phi) is 4.78. The molecule has 0 saturated heterocycles. The van der Waals surface area contributed by atoms with Crippen molar-refractivity contribution in [2.45, 2.75) is 33.2 Å². The van der Waals surface area contributed by atoms with Crippen molar-refractivity contribution in [3.63, 3.8) is 0 Å². The quantitative estimate of drug-likeness (QED) is 0.644. The first-order valence-corrected chi connectivity index (χ1v) is 3.99. The van der Waals surface area contributed by atoms with Gasteiger partial charge in [0.05, 0.1) is 6.07 Å². The Bertz CT molecular complexity index is 225. The topological polar surface area (TPSA) is 52.9 Å². The van der Waals surface area contributed by atoms with E-state index in [2.05, 4.69) is 5.32 Å². The molecule has 3 nitrogen and oxygen atoms in total. The first-order valence-electron chi connectivity index (χ1n) is 3.99. The predicted octanol–water partition coefficient (Wildman–Crippen LogP) is 1.37. The van der Waals surface area contributed by atoms with Gasteiger partial charge in [-0.2, -0.15) is 5.26 Å². The predicted molar refractivity (Wildman–Crippen MR) is 47.3 cm³/mol. The molecule has 0 aromatic heterocycles. The number of allylic oxidation sites excluding steroid dienone is 1. The average molecular weight is 166 g/mol. The molecule has 0 aliphatic heterocycles. The molecule has 0 fully saturated rings. The molecular formula is C9H14N2O. The van der Waals surface area contributed by atoms with Crippen LogP contribution < -0.4 is 5.32 Å². The van der Waals surface area contributed by atoms with Crippen molar-refractivity contribution in [3.05, 3.63) is 11.6 Å². The second-order valence-electron chi connectivity index (χ2n) is 2.54. The molecule has 0 radical (unpaired) electrons. The van der Waals surface area contributed by atoms with Crippen molar-refractivity contribution in [2.24, 2.45) is 0 Å². The van der Waals surface area contributed by atoms with Gasteiger partial charge in [0.15, 0.2) is 0 Å². The standard InChI is InChI=1S/C9H14N2O/c1-4-7(3)9(12)11-8(5-2)6-10/h4,8H,5H2,1-3H3,(H,11,12)/b7-4+/t8-/m0/s1. The summed E-state index contributed by atoms with van der Waals surface area (Å²) in [5, 5.41) is 11.1. The second-order valence-corrected chi connectivity index (χ2v) is 2.54. The molecule has 0 bridgehead atoms. The fourth-order valence-electron chi connectivity index (χ4n) is 0.629. The number of rotatable bonds is 3. The number of hydrogen-bond acceptors (Lipinski definition) is 2. The first-order chi connectivity index (χ1) is 5.65. The first kappa shape index (κ1) is 10.7. The van der Waals surface area contributed by atoms with Crippen molar-refractivity contribution >= 4 is 5.91 Å². The van der Waals surface area contributed by atoms with E-state index in [0.717, 1.165) is 0 Å². The summed E-state index contributed by atoms with van der Waals surface area (Å²) < 4.78 is 0. The third-order valence-electron chi connectivity index (χ3n) is 1.66. The molecule has 0 saturated carbocycles. The largest absolute Gasteiger partial charge is 0.337 e. The van der Waals surface area contributed by atoms with E-state index in [4.69, 9.17) is 5.26 Å². The summed E-state index contributed by atoms with van der Waals surface area (Å²) in [6, 6.07) is 1.63. The molecule has 12 heavy (non-hydrogen) atoms. The molecule has 66 valence electrons. The van der Waals surface area contributed by atoms with Gasteiger partial charge in [0.25, 0.3) is 0 Å². The van der Waals surface area contributed by atoms with Gasteiger partial charge in [-0.3, -0.25) is 4.79 Å². The number of nitrogens with zero attached hydrogens (tertiary/aromatic N) is 1. The van der Waals surface area contributed by atoms with Gasteiger partial charge in [-0.05, 0) is 20.3 Å². The highest BCUT2D eigenvalue weighted by Crippen LogP contribution is 1.94. The lowest BCUT2D eigenvalue weighted by Gasteiger charge is -2.08. The summed E-state index contributed by atoms with van der Waals surface area (Å²) in [4.78, 5) is 11.2. The number of amides is 1. The lowest BCUT2D eigenvalue weighted by atomic mass is 10.2. The lowest BCUT2D eigenvalue weighted by Crippen LogP contribution is -2.33. The summed E-state index contributed by atoms with van der Waals surface area (Å²) >= 11 is 0. The molecule has 0 aliphatic rings. The van der Waals surface area contributed by atoms with Gasteiger partial charge in [0.1, 0.15) is 6.04 Å². The van der Waals surface area contributed by atoms with Gasteiger partial charge in [0, 0.05) is 5.57 Å². The van der Waals surface area contributed by atoms with E-state index in [9.17, 15) is 4.79 Å². The van der Waals surface area contributed by atoms with Crippen LogP contribution >= 0.6 is 0 Å². The molecule has 0 heterocycles. The molecule has 0 unspecified atom stereocenters. The third-order valence-corrected chi connectivity index (χ3v) is 1.66. The van der Waals surface area contributed by atoms with Crippen molar-refractivity contribution in [1.29, 1.82) is 5.26 Å². The van der Waals surface area contributed by atoms with Crippen LogP contribution in [0.25, 0.3) is 0 Å². The van der Waals surface area contributed by atoms with Crippen molar-refractivity contribution in [2.75, 3.05) is 0 Å².